The van der Waals surface area contributed by atoms with E-state index in [-0.39, 0.29) is 0 Å². The first-order valence-electron chi connectivity index (χ1n) is 8.24. The van der Waals surface area contributed by atoms with Crippen molar-refractivity contribution in [2.45, 2.75) is 58.5 Å². The van der Waals surface area contributed by atoms with Crippen molar-refractivity contribution in [1.82, 2.24) is 10.2 Å². The van der Waals surface area contributed by atoms with Gasteiger partial charge in [-0.1, -0.05) is 36.8 Å². The van der Waals surface area contributed by atoms with Crippen molar-refractivity contribution in [2.75, 3.05) is 19.6 Å². The monoisotopic (exact) mass is 274 g/mol. The molecule has 0 aliphatic carbocycles. The first-order valence-corrected chi connectivity index (χ1v) is 8.24. The molecule has 0 spiro atoms. The Balaban J connectivity index is 1.85. The van der Waals surface area contributed by atoms with Gasteiger partial charge in [-0.3, -0.25) is 0 Å². The minimum Gasteiger partial charge on any atom is -0.307 e. The van der Waals surface area contributed by atoms with E-state index >= 15 is 0 Å². The predicted molar refractivity (Wildman–Crippen MR) is 87.1 cm³/mol. The van der Waals surface area contributed by atoms with Crippen LogP contribution in [0.5, 0.6) is 0 Å². The average molecular weight is 274 g/mol. The molecule has 1 fully saturated rings. The molecule has 1 heterocycles. The van der Waals surface area contributed by atoms with Crippen molar-refractivity contribution in [3.8, 4) is 0 Å². The van der Waals surface area contributed by atoms with E-state index in [1.165, 1.54) is 56.4 Å². The Kier molecular flexibility index (Phi) is 6.06. The van der Waals surface area contributed by atoms with Crippen molar-refractivity contribution in [2.24, 2.45) is 0 Å². The van der Waals surface area contributed by atoms with Gasteiger partial charge in [-0.15, -0.1) is 0 Å². The molecule has 1 aromatic rings. The van der Waals surface area contributed by atoms with E-state index in [2.05, 4.69) is 55.3 Å². The summed E-state index contributed by atoms with van der Waals surface area (Å²) in [6.07, 6.45) is 5.21. The molecule has 0 aromatic heterocycles. The molecule has 0 radical (unpaired) electrons. The highest BCUT2D eigenvalue weighted by Gasteiger charge is 2.18. The molecule has 1 aliphatic heterocycles. The first-order chi connectivity index (χ1) is 9.69. The standard InChI is InChI=1S/C18H30N2/c1-4-12-20-13-5-6-18(11-14-20)19-16(3)17-9-7-15(2)8-10-17/h7-10,16,18-19H,4-6,11-14H2,1-3H3/t16-,18?/m1/s1. The van der Waals surface area contributed by atoms with Gasteiger partial charge in [0.2, 0.25) is 0 Å². The number of rotatable bonds is 5. The number of hydrogen-bond donors (Lipinski definition) is 1. The molecule has 1 aromatic carbocycles. The van der Waals surface area contributed by atoms with Crippen LogP contribution in [0.25, 0.3) is 0 Å². The fourth-order valence-electron chi connectivity index (χ4n) is 3.17. The highest BCUT2D eigenvalue weighted by molar-refractivity contribution is 5.23. The summed E-state index contributed by atoms with van der Waals surface area (Å²) in [6.45, 7) is 10.5. The highest BCUT2D eigenvalue weighted by Crippen LogP contribution is 2.18. The van der Waals surface area contributed by atoms with Gasteiger partial charge >= 0.3 is 0 Å². The number of nitrogens with zero attached hydrogens (tertiary/aromatic N) is 1. The van der Waals surface area contributed by atoms with Crippen LogP contribution in [0.4, 0.5) is 0 Å². The molecule has 2 heteroatoms. The summed E-state index contributed by atoms with van der Waals surface area (Å²) in [5.74, 6) is 0. The van der Waals surface area contributed by atoms with Crippen molar-refractivity contribution < 1.29 is 0 Å². The number of hydrogen-bond acceptors (Lipinski definition) is 2. The quantitative estimate of drug-likeness (QED) is 0.875. The molecular weight excluding hydrogens is 244 g/mol. The van der Waals surface area contributed by atoms with Gasteiger partial charge in [0, 0.05) is 12.1 Å². The summed E-state index contributed by atoms with van der Waals surface area (Å²) in [6, 6.07) is 10.1. The molecule has 0 bridgehead atoms. The number of benzene rings is 1. The zero-order chi connectivity index (χ0) is 14.4. The van der Waals surface area contributed by atoms with E-state index in [1.807, 2.05) is 0 Å². The zero-order valence-corrected chi connectivity index (χ0v) is 13.4. The molecule has 112 valence electrons. The third-order valence-electron chi connectivity index (χ3n) is 4.42. The summed E-state index contributed by atoms with van der Waals surface area (Å²) in [5, 5.41) is 3.83. The lowest BCUT2D eigenvalue weighted by Crippen LogP contribution is -2.33. The number of likely N-dealkylation sites (tertiary alicyclic amines) is 1. The van der Waals surface area contributed by atoms with Gasteiger partial charge in [0.25, 0.3) is 0 Å². The smallest absolute Gasteiger partial charge is 0.0294 e. The zero-order valence-electron chi connectivity index (χ0n) is 13.4. The lowest BCUT2D eigenvalue weighted by molar-refractivity contribution is 0.281. The third-order valence-corrected chi connectivity index (χ3v) is 4.42. The molecule has 1 saturated heterocycles. The third kappa shape index (κ3) is 4.60. The van der Waals surface area contributed by atoms with Crippen LogP contribution in [-0.4, -0.2) is 30.6 Å². The van der Waals surface area contributed by atoms with Crippen LogP contribution in [0.3, 0.4) is 0 Å². The van der Waals surface area contributed by atoms with Crippen LogP contribution in [-0.2, 0) is 0 Å². The van der Waals surface area contributed by atoms with E-state index in [0.717, 1.165) is 0 Å². The fourth-order valence-corrected chi connectivity index (χ4v) is 3.17. The second kappa shape index (κ2) is 7.80. The molecule has 1 N–H and O–H groups in total. The summed E-state index contributed by atoms with van der Waals surface area (Å²) >= 11 is 0. The normalized spacial score (nSPS) is 22.4. The van der Waals surface area contributed by atoms with Crippen molar-refractivity contribution in [3.63, 3.8) is 0 Å². The molecule has 20 heavy (non-hydrogen) atoms. The summed E-state index contributed by atoms with van der Waals surface area (Å²) < 4.78 is 0. The predicted octanol–water partition coefficient (Wildman–Crippen LogP) is 3.91. The maximum atomic E-state index is 3.83. The Hall–Kier alpha value is -0.860. The number of nitrogens with one attached hydrogen (secondary N) is 1. The van der Waals surface area contributed by atoms with Crippen LogP contribution in [0, 0.1) is 6.92 Å². The van der Waals surface area contributed by atoms with Crippen LogP contribution >= 0.6 is 0 Å². The Morgan fingerprint density at radius 3 is 2.65 bits per heavy atom. The topological polar surface area (TPSA) is 15.3 Å². The van der Waals surface area contributed by atoms with Crippen LogP contribution in [0.1, 0.15) is 56.7 Å². The molecule has 0 amide bonds. The van der Waals surface area contributed by atoms with Gasteiger partial charge in [0.05, 0.1) is 0 Å². The lowest BCUT2D eigenvalue weighted by Gasteiger charge is -2.23. The maximum absolute atomic E-state index is 3.83. The SMILES string of the molecule is CCCN1CCCC(N[C@H](C)c2ccc(C)cc2)CC1. The highest BCUT2D eigenvalue weighted by atomic mass is 15.1. The van der Waals surface area contributed by atoms with Gasteiger partial charge < -0.3 is 10.2 Å². The van der Waals surface area contributed by atoms with Crippen LogP contribution in [0.2, 0.25) is 0 Å². The van der Waals surface area contributed by atoms with Crippen molar-refractivity contribution in [3.05, 3.63) is 35.4 Å². The van der Waals surface area contributed by atoms with Gasteiger partial charge in [0.1, 0.15) is 0 Å². The molecule has 2 nitrogen and oxygen atoms in total. The first kappa shape index (κ1) is 15.5. The Morgan fingerprint density at radius 2 is 1.95 bits per heavy atom. The Labute approximate surface area is 124 Å². The minimum absolute atomic E-state index is 0.457. The average Bonchev–Trinajstić information content (AvgIpc) is 2.66. The lowest BCUT2D eigenvalue weighted by atomic mass is 10.0. The maximum Gasteiger partial charge on any atom is 0.0294 e. The van der Waals surface area contributed by atoms with Gasteiger partial charge in [-0.25, -0.2) is 0 Å². The second-order valence-corrected chi connectivity index (χ2v) is 6.27. The van der Waals surface area contributed by atoms with Gasteiger partial charge in [-0.2, -0.15) is 0 Å². The molecule has 1 aliphatic rings. The van der Waals surface area contributed by atoms with E-state index in [4.69, 9.17) is 0 Å². The minimum atomic E-state index is 0.457. The summed E-state index contributed by atoms with van der Waals surface area (Å²) in [7, 11) is 0. The molecular formula is C18H30N2. The van der Waals surface area contributed by atoms with Crippen molar-refractivity contribution >= 4 is 0 Å². The molecule has 0 saturated carbocycles. The summed E-state index contributed by atoms with van der Waals surface area (Å²) in [4.78, 5) is 2.62. The van der Waals surface area contributed by atoms with E-state index in [1.54, 1.807) is 0 Å². The Morgan fingerprint density at radius 1 is 1.20 bits per heavy atom. The number of aryl methyl sites for hydroxylation is 1. The van der Waals surface area contributed by atoms with Gasteiger partial charge in [0.15, 0.2) is 0 Å². The van der Waals surface area contributed by atoms with Crippen LogP contribution < -0.4 is 5.32 Å². The fraction of sp³-hybridized carbons (Fsp3) is 0.667. The van der Waals surface area contributed by atoms with E-state index in [9.17, 15) is 0 Å². The Bertz CT molecular complexity index is 385. The summed E-state index contributed by atoms with van der Waals surface area (Å²) in [5.41, 5.74) is 2.75. The van der Waals surface area contributed by atoms with Gasteiger partial charge in [-0.05, 0) is 64.7 Å². The largest absolute Gasteiger partial charge is 0.307 e. The molecule has 2 atom stereocenters. The van der Waals surface area contributed by atoms with E-state index in [0.29, 0.717) is 12.1 Å². The second-order valence-electron chi connectivity index (χ2n) is 6.27. The van der Waals surface area contributed by atoms with Crippen molar-refractivity contribution in [1.29, 1.82) is 0 Å². The van der Waals surface area contributed by atoms with E-state index < -0.39 is 0 Å². The van der Waals surface area contributed by atoms with Crippen LogP contribution in [0.15, 0.2) is 24.3 Å². The molecule has 1 unspecified atom stereocenters. The molecule has 2 rings (SSSR count).